The summed E-state index contributed by atoms with van der Waals surface area (Å²) in [5.74, 6) is 0.846. The molecule has 0 radical (unpaired) electrons. The lowest BCUT2D eigenvalue weighted by Gasteiger charge is -2.09. The number of oxazole rings is 1. The van der Waals surface area contributed by atoms with Gasteiger partial charge in [0.25, 0.3) is 5.56 Å². The summed E-state index contributed by atoms with van der Waals surface area (Å²) in [6.45, 7) is 3.63. The smallest absolute Gasteiger partial charge is 0.345 e. The quantitative estimate of drug-likeness (QED) is 0.678. The third-order valence-corrected chi connectivity index (χ3v) is 3.87. The fourth-order valence-electron chi connectivity index (χ4n) is 2.44. The van der Waals surface area contributed by atoms with E-state index in [9.17, 15) is 9.59 Å². The van der Waals surface area contributed by atoms with E-state index in [-0.39, 0.29) is 12.1 Å². The summed E-state index contributed by atoms with van der Waals surface area (Å²) < 4.78 is 11.7. The molecule has 0 fully saturated rings. The van der Waals surface area contributed by atoms with Crippen LogP contribution in [-0.4, -0.2) is 27.6 Å². The highest BCUT2D eigenvalue weighted by molar-refractivity contribution is 5.88. The molecule has 0 atom stereocenters. The van der Waals surface area contributed by atoms with Crippen LogP contribution in [0.4, 0.5) is 0 Å². The lowest BCUT2D eigenvalue weighted by atomic mass is 10.2. The van der Waals surface area contributed by atoms with Gasteiger partial charge >= 0.3 is 5.97 Å². The zero-order chi connectivity index (χ0) is 18.0. The standard InChI is InChI=1S/C18H17N3O4/c1-11-15(20-16(25-11)13-7-5-4-6-8-13)10-21-12(2)19-9-14(17(21)22)18(23)24-3/h4-9H,10H2,1-3H3. The Hall–Kier alpha value is -3.22. The molecule has 0 bridgehead atoms. The molecule has 0 aliphatic rings. The monoisotopic (exact) mass is 339 g/mol. The Labute approximate surface area is 143 Å². The number of carbonyl (C=O) groups excluding carboxylic acids is 1. The van der Waals surface area contributed by atoms with Crippen LogP contribution in [0.25, 0.3) is 11.5 Å². The summed E-state index contributed by atoms with van der Waals surface area (Å²) in [6, 6.07) is 9.49. The van der Waals surface area contributed by atoms with Crippen molar-refractivity contribution in [3.05, 3.63) is 69.7 Å². The molecule has 2 aromatic heterocycles. The maximum absolute atomic E-state index is 12.5. The van der Waals surface area contributed by atoms with Crippen LogP contribution >= 0.6 is 0 Å². The average molecular weight is 339 g/mol. The molecule has 0 aliphatic heterocycles. The van der Waals surface area contributed by atoms with E-state index in [4.69, 9.17) is 4.42 Å². The Kier molecular flexibility index (Phi) is 4.47. The highest BCUT2D eigenvalue weighted by atomic mass is 16.5. The van der Waals surface area contributed by atoms with Crippen LogP contribution in [0, 0.1) is 13.8 Å². The van der Waals surface area contributed by atoms with E-state index in [1.165, 1.54) is 17.9 Å². The van der Waals surface area contributed by atoms with Gasteiger partial charge in [-0.25, -0.2) is 14.8 Å². The third kappa shape index (κ3) is 3.21. The average Bonchev–Trinajstić information content (AvgIpc) is 2.99. The molecule has 1 aromatic carbocycles. The van der Waals surface area contributed by atoms with Crippen molar-refractivity contribution in [1.29, 1.82) is 0 Å². The van der Waals surface area contributed by atoms with Crippen molar-refractivity contribution < 1.29 is 13.9 Å². The first-order chi connectivity index (χ1) is 12.0. The molecule has 3 aromatic rings. The third-order valence-electron chi connectivity index (χ3n) is 3.87. The van der Waals surface area contributed by atoms with Gasteiger partial charge in [-0.15, -0.1) is 0 Å². The minimum absolute atomic E-state index is 0.113. The second kappa shape index (κ2) is 6.72. The van der Waals surface area contributed by atoms with Crippen LogP contribution in [0.15, 0.2) is 45.7 Å². The fraction of sp³-hybridized carbons (Fsp3) is 0.222. The summed E-state index contributed by atoms with van der Waals surface area (Å²) in [4.78, 5) is 32.8. The Morgan fingerprint density at radius 2 is 1.96 bits per heavy atom. The molecule has 0 aliphatic carbocycles. The van der Waals surface area contributed by atoms with Crippen molar-refractivity contribution in [2.75, 3.05) is 7.11 Å². The van der Waals surface area contributed by atoms with Crippen molar-refractivity contribution in [1.82, 2.24) is 14.5 Å². The molecule has 25 heavy (non-hydrogen) atoms. The van der Waals surface area contributed by atoms with Gasteiger partial charge in [-0.2, -0.15) is 0 Å². The first-order valence-corrected chi connectivity index (χ1v) is 7.67. The van der Waals surface area contributed by atoms with Gasteiger partial charge in [0.2, 0.25) is 5.89 Å². The number of aryl methyl sites for hydroxylation is 2. The molecule has 0 spiro atoms. The van der Waals surface area contributed by atoms with Gasteiger partial charge in [0, 0.05) is 11.8 Å². The number of benzene rings is 1. The van der Waals surface area contributed by atoms with Gasteiger partial charge in [-0.3, -0.25) is 9.36 Å². The minimum atomic E-state index is -0.715. The summed E-state index contributed by atoms with van der Waals surface area (Å²) in [7, 11) is 1.22. The number of nitrogens with zero attached hydrogens (tertiary/aromatic N) is 3. The number of aromatic nitrogens is 3. The minimum Gasteiger partial charge on any atom is -0.465 e. The van der Waals surface area contributed by atoms with Gasteiger partial charge < -0.3 is 9.15 Å². The first kappa shape index (κ1) is 16.6. The van der Waals surface area contributed by atoms with E-state index >= 15 is 0 Å². The predicted octanol–water partition coefficient (Wildman–Crippen LogP) is 2.35. The number of carbonyl (C=O) groups is 1. The molecule has 7 nitrogen and oxygen atoms in total. The summed E-state index contributed by atoms with van der Waals surface area (Å²) in [6.07, 6.45) is 1.23. The van der Waals surface area contributed by atoms with Crippen LogP contribution in [-0.2, 0) is 11.3 Å². The molecule has 128 valence electrons. The molecule has 2 heterocycles. The number of hydrogen-bond donors (Lipinski definition) is 0. The molecule has 0 amide bonds. The molecular formula is C18H17N3O4. The maximum atomic E-state index is 12.5. The van der Waals surface area contributed by atoms with E-state index in [2.05, 4.69) is 14.7 Å². The van der Waals surface area contributed by atoms with Crippen LogP contribution in [0.3, 0.4) is 0 Å². The molecule has 3 rings (SSSR count). The highest BCUT2D eigenvalue weighted by Crippen LogP contribution is 2.21. The van der Waals surface area contributed by atoms with Crippen molar-refractivity contribution in [3.63, 3.8) is 0 Å². The largest absolute Gasteiger partial charge is 0.465 e. The number of ether oxygens (including phenoxy) is 1. The first-order valence-electron chi connectivity index (χ1n) is 7.67. The summed E-state index contributed by atoms with van der Waals surface area (Å²) >= 11 is 0. The molecule has 0 unspecified atom stereocenters. The fourth-order valence-corrected chi connectivity index (χ4v) is 2.44. The Morgan fingerprint density at radius 3 is 2.64 bits per heavy atom. The molecular weight excluding hydrogens is 322 g/mol. The Morgan fingerprint density at radius 1 is 1.24 bits per heavy atom. The van der Waals surface area contributed by atoms with E-state index < -0.39 is 11.5 Å². The Balaban J connectivity index is 2.00. The Bertz CT molecular complexity index is 974. The van der Waals surface area contributed by atoms with E-state index in [1.807, 2.05) is 30.3 Å². The van der Waals surface area contributed by atoms with Gasteiger partial charge in [0.1, 0.15) is 22.8 Å². The van der Waals surface area contributed by atoms with Crippen LogP contribution in [0.5, 0.6) is 0 Å². The number of methoxy groups -OCH3 is 1. The number of esters is 1. The normalized spacial score (nSPS) is 10.7. The van der Waals surface area contributed by atoms with Crippen molar-refractivity contribution in [2.45, 2.75) is 20.4 Å². The van der Waals surface area contributed by atoms with Crippen LogP contribution in [0.1, 0.15) is 27.6 Å². The highest BCUT2D eigenvalue weighted by Gasteiger charge is 2.18. The van der Waals surface area contributed by atoms with Crippen LogP contribution in [0.2, 0.25) is 0 Å². The zero-order valence-electron chi connectivity index (χ0n) is 14.1. The van der Waals surface area contributed by atoms with E-state index in [0.29, 0.717) is 23.2 Å². The van der Waals surface area contributed by atoms with E-state index in [1.54, 1.807) is 13.8 Å². The lowest BCUT2D eigenvalue weighted by molar-refractivity contribution is 0.0597. The maximum Gasteiger partial charge on any atom is 0.345 e. The number of hydrogen-bond acceptors (Lipinski definition) is 6. The van der Waals surface area contributed by atoms with Gasteiger partial charge in [0.15, 0.2) is 0 Å². The molecule has 0 N–H and O–H groups in total. The van der Waals surface area contributed by atoms with Crippen molar-refractivity contribution >= 4 is 5.97 Å². The molecule has 0 saturated heterocycles. The summed E-state index contributed by atoms with van der Waals surface area (Å²) in [5.41, 5.74) is 0.871. The SMILES string of the molecule is COC(=O)c1cnc(C)n(Cc2nc(-c3ccccc3)oc2C)c1=O. The predicted molar refractivity (Wildman–Crippen MR) is 90.4 cm³/mol. The lowest BCUT2D eigenvalue weighted by Crippen LogP contribution is -2.30. The van der Waals surface area contributed by atoms with Gasteiger partial charge in [0.05, 0.1) is 13.7 Å². The molecule has 0 saturated carbocycles. The summed E-state index contributed by atoms with van der Waals surface area (Å²) in [5, 5.41) is 0. The number of rotatable bonds is 4. The van der Waals surface area contributed by atoms with Crippen LogP contribution < -0.4 is 5.56 Å². The van der Waals surface area contributed by atoms with E-state index in [0.717, 1.165) is 5.56 Å². The second-order valence-corrected chi connectivity index (χ2v) is 5.49. The topological polar surface area (TPSA) is 87.2 Å². The van der Waals surface area contributed by atoms with Gasteiger partial charge in [-0.1, -0.05) is 18.2 Å². The van der Waals surface area contributed by atoms with Crippen molar-refractivity contribution in [2.24, 2.45) is 0 Å². The molecule has 7 heteroatoms. The second-order valence-electron chi connectivity index (χ2n) is 5.49. The van der Waals surface area contributed by atoms with Gasteiger partial charge in [-0.05, 0) is 26.0 Å². The van der Waals surface area contributed by atoms with Crippen molar-refractivity contribution in [3.8, 4) is 11.5 Å². The zero-order valence-corrected chi connectivity index (χ0v) is 14.1.